The molecule has 4 N–H and O–H groups in total. The summed E-state index contributed by atoms with van der Waals surface area (Å²) in [6, 6.07) is -1.25. The van der Waals surface area contributed by atoms with E-state index in [0.717, 1.165) is 0 Å². The van der Waals surface area contributed by atoms with E-state index in [0.29, 0.717) is 25.9 Å². The lowest BCUT2D eigenvalue weighted by atomic mass is 9.93. The second-order valence-electron chi connectivity index (χ2n) is 7.00. The van der Waals surface area contributed by atoms with E-state index in [2.05, 4.69) is 11.1 Å². The number of hydrogen-bond acceptors (Lipinski definition) is 4. The summed E-state index contributed by atoms with van der Waals surface area (Å²) >= 11 is 0. The predicted octanol–water partition coefficient (Wildman–Crippen LogP) is -1.62. The van der Waals surface area contributed by atoms with Gasteiger partial charge in [-0.2, -0.15) is 0 Å². The molecule has 7 heteroatoms. The van der Waals surface area contributed by atoms with Gasteiger partial charge < -0.3 is 25.9 Å². The van der Waals surface area contributed by atoms with Crippen LogP contribution in [-0.2, 0) is 14.4 Å². The Morgan fingerprint density at radius 3 is 2.00 bits per heavy atom. The van der Waals surface area contributed by atoms with Crippen molar-refractivity contribution in [3.05, 3.63) is 0 Å². The highest BCUT2D eigenvalue weighted by molar-refractivity contribution is 5.85. The van der Waals surface area contributed by atoms with E-state index in [-0.39, 0.29) is 35.6 Å². The van der Waals surface area contributed by atoms with E-state index in [4.69, 9.17) is 0 Å². The van der Waals surface area contributed by atoms with Crippen molar-refractivity contribution in [2.75, 3.05) is 13.1 Å². The molecule has 132 valence electrons. The molecule has 0 radical (unpaired) electrons. The van der Waals surface area contributed by atoms with Gasteiger partial charge in [-0.25, -0.2) is 0 Å². The highest BCUT2D eigenvalue weighted by Gasteiger charge is 2.33. The van der Waals surface area contributed by atoms with Crippen LogP contribution in [0.3, 0.4) is 0 Å². The molecule has 1 fully saturated rings. The number of nitrogens with one attached hydrogen (secondary N) is 1. The predicted molar refractivity (Wildman–Crippen MR) is 82.6 cm³/mol. The zero-order valence-electron chi connectivity index (χ0n) is 14.5. The molecule has 1 heterocycles. The van der Waals surface area contributed by atoms with E-state index in [1.165, 1.54) is 0 Å². The molecule has 1 saturated heterocycles. The highest BCUT2D eigenvalue weighted by atomic mass is 16.4. The molecule has 0 aromatic carbocycles. The molecule has 1 rings (SSSR count). The van der Waals surface area contributed by atoms with Crippen molar-refractivity contribution in [3.8, 4) is 0 Å². The molecule has 0 spiro atoms. The van der Waals surface area contributed by atoms with Crippen LogP contribution in [0.5, 0.6) is 0 Å². The lowest BCUT2D eigenvalue weighted by molar-refractivity contribution is -0.416. The largest absolute Gasteiger partial charge is 0.548 e. The molecule has 2 atom stereocenters. The first kappa shape index (κ1) is 19.4. The third-order valence-electron chi connectivity index (χ3n) is 4.52. The van der Waals surface area contributed by atoms with Gasteiger partial charge in [0.1, 0.15) is 0 Å². The van der Waals surface area contributed by atoms with Gasteiger partial charge in [-0.1, -0.05) is 27.7 Å². The minimum Gasteiger partial charge on any atom is -0.548 e. The number of rotatable bonds is 6. The summed E-state index contributed by atoms with van der Waals surface area (Å²) in [7, 11) is 0. The summed E-state index contributed by atoms with van der Waals surface area (Å²) in [5.41, 5.74) is 3.90. The molecular formula is C16H29N3O4. The number of quaternary nitrogens is 1. The summed E-state index contributed by atoms with van der Waals surface area (Å²) in [5, 5.41) is 13.6. The van der Waals surface area contributed by atoms with Crippen molar-refractivity contribution < 1.29 is 25.2 Å². The summed E-state index contributed by atoms with van der Waals surface area (Å²) in [6.45, 7) is 8.38. The fourth-order valence-electron chi connectivity index (χ4n) is 2.65. The van der Waals surface area contributed by atoms with Gasteiger partial charge in [0, 0.05) is 24.9 Å². The molecule has 0 aliphatic carbocycles. The molecule has 0 aromatic heterocycles. The number of carbonyl (C=O) groups excluding carboxylic acids is 3. The van der Waals surface area contributed by atoms with Crippen LogP contribution in [0.25, 0.3) is 0 Å². The Hall–Kier alpha value is -1.63. The van der Waals surface area contributed by atoms with Crippen LogP contribution in [0, 0.1) is 17.8 Å². The smallest absolute Gasteiger partial charge is 0.280 e. The van der Waals surface area contributed by atoms with E-state index in [1.807, 2.05) is 13.8 Å². The minimum absolute atomic E-state index is 0.0219. The number of nitrogens with zero attached hydrogens (tertiary/aromatic N) is 1. The van der Waals surface area contributed by atoms with Gasteiger partial charge in [-0.15, -0.1) is 0 Å². The number of aliphatic carboxylic acids is 1. The third kappa shape index (κ3) is 5.20. The number of piperidine rings is 1. The fourth-order valence-corrected chi connectivity index (χ4v) is 2.65. The first-order valence-corrected chi connectivity index (χ1v) is 8.28. The molecule has 23 heavy (non-hydrogen) atoms. The van der Waals surface area contributed by atoms with Crippen LogP contribution >= 0.6 is 0 Å². The van der Waals surface area contributed by atoms with Crippen LogP contribution in [-0.4, -0.2) is 47.9 Å². The van der Waals surface area contributed by atoms with E-state index < -0.39 is 12.0 Å². The van der Waals surface area contributed by atoms with E-state index in [9.17, 15) is 19.5 Å². The van der Waals surface area contributed by atoms with Crippen LogP contribution in [0.15, 0.2) is 0 Å². The summed E-state index contributed by atoms with van der Waals surface area (Å²) in [4.78, 5) is 37.3. The monoisotopic (exact) mass is 327 g/mol. The molecular weight excluding hydrogens is 298 g/mol. The standard InChI is InChI=1S/C16H29N3O4/c1-9(2)12(17)15(21)19-7-5-11(6-8-19)14(20)18-13(10(3)4)16(22)23/h9-13H,5-8,17H2,1-4H3,(H,18,20)(H,22,23)/t12-,13-/m0/s1. The van der Waals surface area contributed by atoms with Crippen molar-refractivity contribution in [1.29, 1.82) is 0 Å². The second kappa shape index (κ2) is 8.29. The van der Waals surface area contributed by atoms with Crippen LogP contribution < -0.4 is 16.2 Å². The van der Waals surface area contributed by atoms with Gasteiger partial charge in [-0.3, -0.25) is 9.59 Å². The number of carbonyl (C=O) groups is 3. The van der Waals surface area contributed by atoms with Crippen molar-refractivity contribution >= 4 is 17.8 Å². The fraction of sp³-hybridized carbons (Fsp3) is 0.812. The Morgan fingerprint density at radius 1 is 1.09 bits per heavy atom. The van der Waals surface area contributed by atoms with Crippen LogP contribution in [0.4, 0.5) is 0 Å². The average Bonchev–Trinajstić information content (AvgIpc) is 2.50. The molecule has 0 saturated carbocycles. The molecule has 0 bridgehead atoms. The topological polar surface area (TPSA) is 117 Å². The first-order chi connectivity index (χ1) is 10.6. The quantitative estimate of drug-likeness (QED) is 0.610. The van der Waals surface area contributed by atoms with Gasteiger partial charge >= 0.3 is 0 Å². The molecule has 0 unspecified atom stereocenters. The highest BCUT2D eigenvalue weighted by Crippen LogP contribution is 2.19. The van der Waals surface area contributed by atoms with Crippen molar-refractivity contribution in [3.63, 3.8) is 0 Å². The Labute approximate surface area is 137 Å². The van der Waals surface area contributed by atoms with Gasteiger partial charge in [0.2, 0.25) is 5.91 Å². The maximum absolute atomic E-state index is 12.2. The Bertz CT molecular complexity index is 443. The average molecular weight is 327 g/mol. The van der Waals surface area contributed by atoms with Crippen LogP contribution in [0.1, 0.15) is 40.5 Å². The zero-order valence-corrected chi connectivity index (χ0v) is 14.5. The maximum atomic E-state index is 12.2. The minimum atomic E-state index is -1.27. The van der Waals surface area contributed by atoms with E-state index >= 15 is 0 Å². The molecule has 1 aliphatic rings. The van der Waals surface area contributed by atoms with Gasteiger partial charge in [0.25, 0.3) is 5.91 Å². The molecule has 0 aromatic rings. The SMILES string of the molecule is CC(C)[C@H]([NH3+])C(=O)N1CCC(C(=O)N[C@H](C(=O)[O-])C(C)C)CC1. The number of hydrogen-bond donors (Lipinski definition) is 2. The van der Waals surface area contributed by atoms with Crippen molar-refractivity contribution in [1.82, 2.24) is 10.2 Å². The normalized spacial score (nSPS) is 18.8. The molecule has 1 aliphatic heterocycles. The lowest BCUT2D eigenvalue weighted by Gasteiger charge is -2.34. The number of carboxylic acids is 1. The summed E-state index contributed by atoms with van der Waals surface area (Å²) in [6.07, 6.45) is 1.08. The Morgan fingerprint density at radius 2 is 1.61 bits per heavy atom. The second-order valence-corrected chi connectivity index (χ2v) is 7.00. The summed E-state index contributed by atoms with van der Waals surface area (Å²) in [5.74, 6) is -1.83. The number of carboxylic acid groups (broad SMARTS) is 1. The van der Waals surface area contributed by atoms with Gasteiger partial charge in [-0.05, 0) is 18.8 Å². The Kier molecular flexibility index (Phi) is 7.00. The first-order valence-electron chi connectivity index (χ1n) is 8.28. The number of amides is 2. The van der Waals surface area contributed by atoms with Crippen LogP contribution in [0.2, 0.25) is 0 Å². The van der Waals surface area contributed by atoms with Crippen molar-refractivity contribution in [2.24, 2.45) is 17.8 Å². The molecule has 7 nitrogen and oxygen atoms in total. The van der Waals surface area contributed by atoms with Gasteiger partial charge in [0.05, 0.1) is 12.0 Å². The zero-order chi connectivity index (χ0) is 17.7. The Balaban J connectivity index is 2.54. The van der Waals surface area contributed by atoms with Gasteiger partial charge in [0.15, 0.2) is 6.04 Å². The maximum Gasteiger partial charge on any atom is 0.280 e. The number of likely N-dealkylation sites (tertiary alicyclic amines) is 1. The van der Waals surface area contributed by atoms with Crippen molar-refractivity contribution in [2.45, 2.75) is 52.6 Å². The summed E-state index contributed by atoms with van der Waals surface area (Å²) < 4.78 is 0. The lowest BCUT2D eigenvalue weighted by Crippen LogP contribution is -2.70. The molecule has 2 amide bonds. The third-order valence-corrected chi connectivity index (χ3v) is 4.52. The van der Waals surface area contributed by atoms with E-state index in [1.54, 1.807) is 18.7 Å².